The Labute approximate surface area is 129 Å². The van der Waals surface area contributed by atoms with Crippen LogP contribution in [0, 0.1) is 11.8 Å². The van der Waals surface area contributed by atoms with E-state index in [1.54, 1.807) is 7.11 Å². The van der Waals surface area contributed by atoms with Crippen molar-refractivity contribution >= 4 is 5.96 Å². The highest BCUT2D eigenvalue weighted by molar-refractivity contribution is 5.80. The molecule has 0 aromatic rings. The van der Waals surface area contributed by atoms with Gasteiger partial charge in [-0.25, -0.2) is 0 Å². The molecular weight excluding hydrogens is 264 g/mol. The number of likely N-dealkylation sites (tertiary alicyclic amines) is 2. The molecule has 2 atom stereocenters. The van der Waals surface area contributed by atoms with Crippen LogP contribution in [0.3, 0.4) is 0 Å². The Hall–Kier alpha value is -0.810. The molecule has 0 spiro atoms. The minimum atomic E-state index is 0.649. The molecule has 2 saturated heterocycles. The number of hydrogen-bond donors (Lipinski definition) is 1. The van der Waals surface area contributed by atoms with Crippen LogP contribution in [0.2, 0.25) is 0 Å². The second-order valence-corrected chi connectivity index (χ2v) is 6.60. The molecule has 0 aliphatic carbocycles. The fourth-order valence-electron chi connectivity index (χ4n) is 3.47. The molecule has 2 heterocycles. The van der Waals surface area contributed by atoms with E-state index in [-0.39, 0.29) is 0 Å². The van der Waals surface area contributed by atoms with Crippen LogP contribution in [0.15, 0.2) is 4.99 Å². The van der Waals surface area contributed by atoms with E-state index in [2.05, 4.69) is 27.0 Å². The Morgan fingerprint density at radius 1 is 1.33 bits per heavy atom. The molecule has 0 bridgehead atoms. The van der Waals surface area contributed by atoms with Gasteiger partial charge < -0.3 is 19.9 Å². The molecule has 2 aliphatic heterocycles. The van der Waals surface area contributed by atoms with Gasteiger partial charge in [-0.15, -0.1) is 0 Å². The fourth-order valence-corrected chi connectivity index (χ4v) is 3.47. The lowest BCUT2D eigenvalue weighted by Gasteiger charge is -2.25. The van der Waals surface area contributed by atoms with Gasteiger partial charge in [0, 0.05) is 46.3 Å². The van der Waals surface area contributed by atoms with Gasteiger partial charge in [0.2, 0.25) is 0 Å². The summed E-state index contributed by atoms with van der Waals surface area (Å²) >= 11 is 0. The van der Waals surface area contributed by atoms with Crippen molar-refractivity contribution in [1.82, 2.24) is 15.1 Å². The molecule has 5 heteroatoms. The van der Waals surface area contributed by atoms with Gasteiger partial charge in [0.15, 0.2) is 5.96 Å². The molecule has 0 radical (unpaired) electrons. The van der Waals surface area contributed by atoms with Crippen LogP contribution in [-0.4, -0.2) is 75.8 Å². The summed E-state index contributed by atoms with van der Waals surface area (Å²) in [7, 11) is 3.67. The maximum Gasteiger partial charge on any atom is 0.193 e. The highest BCUT2D eigenvalue weighted by Gasteiger charge is 2.25. The van der Waals surface area contributed by atoms with Gasteiger partial charge in [0.05, 0.1) is 6.61 Å². The predicted molar refractivity (Wildman–Crippen MR) is 87.8 cm³/mol. The number of nitrogens with zero attached hydrogens (tertiary/aromatic N) is 3. The lowest BCUT2D eigenvalue weighted by molar-refractivity contribution is 0.157. The van der Waals surface area contributed by atoms with E-state index >= 15 is 0 Å². The summed E-state index contributed by atoms with van der Waals surface area (Å²) in [6.07, 6.45) is 3.95. The van der Waals surface area contributed by atoms with Gasteiger partial charge in [-0.2, -0.15) is 0 Å². The predicted octanol–water partition coefficient (Wildman–Crippen LogP) is 1.26. The molecule has 0 aromatic carbocycles. The van der Waals surface area contributed by atoms with Gasteiger partial charge in [0.25, 0.3) is 0 Å². The van der Waals surface area contributed by atoms with Crippen LogP contribution >= 0.6 is 0 Å². The van der Waals surface area contributed by atoms with Gasteiger partial charge in [-0.3, -0.25) is 4.99 Å². The maximum atomic E-state index is 5.27. The van der Waals surface area contributed by atoms with Gasteiger partial charge in [-0.1, -0.05) is 6.92 Å². The van der Waals surface area contributed by atoms with Crippen molar-refractivity contribution in [3.63, 3.8) is 0 Å². The normalized spacial score (nSPS) is 25.6. The van der Waals surface area contributed by atoms with E-state index in [1.165, 1.54) is 38.9 Å². The Bertz CT molecular complexity index is 328. The highest BCUT2D eigenvalue weighted by atomic mass is 16.5. The zero-order valence-electron chi connectivity index (χ0n) is 14.0. The minimum Gasteiger partial charge on any atom is -0.384 e. The SMILES string of the molecule is CN=C(NCC(C)CN1CCCC1)N1CCC(COC)C1. The van der Waals surface area contributed by atoms with Crippen molar-refractivity contribution in [1.29, 1.82) is 0 Å². The molecule has 2 fully saturated rings. The molecule has 21 heavy (non-hydrogen) atoms. The maximum absolute atomic E-state index is 5.27. The van der Waals surface area contributed by atoms with Crippen molar-refractivity contribution in [2.75, 3.05) is 60.0 Å². The average molecular weight is 296 g/mol. The molecule has 1 N–H and O–H groups in total. The first-order valence-corrected chi connectivity index (χ1v) is 8.39. The molecule has 0 amide bonds. The molecule has 122 valence electrons. The smallest absolute Gasteiger partial charge is 0.193 e. The Morgan fingerprint density at radius 2 is 2.10 bits per heavy atom. The quantitative estimate of drug-likeness (QED) is 0.592. The number of guanidine groups is 1. The van der Waals surface area contributed by atoms with Crippen LogP contribution in [0.5, 0.6) is 0 Å². The monoisotopic (exact) mass is 296 g/mol. The Balaban J connectivity index is 1.70. The van der Waals surface area contributed by atoms with Gasteiger partial charge in [0.1, 0.15) is 0 Å². The number of hydrogen-bond acceptors (Lipinski definition) is 3. The Kier molecular flexibility index (Phi) is 6.77. The number of methoxy groups -OCH3 is 1. The summed E-state index contributed by atoms with van der Waals surface area (Å²) in [6, 6.07) is 0. The van der Waals surface area contributed by atoms with Crippen LogP contribution in [-0.2, 0) is 4.74 Å². The average Bonchev–Trinajstić information content (AvgIpc) is 3.12. The summed E-state index contributed by atoms with van der Waals surface area (Å²) in [4.78, 5) is 9.40. The van der Waals surface area contributed by atoms with Crippen molar-refractivity contribution in [2.24, 2.45) is 16.8 Å². The number of rotatable bonds is 6. The lowest BCUT2D eigenvalue weighted by Crippen LogP contribution is -2.43. The van der Waals surface area contributed by atoms with Crippen LogP contribution in [0.25, 0.3) is 0 Å². The third kappa shape index (κ3) is 5.15. The first-order valence-electron chi connectivity index (χ1n) is 8.39. The third-order valence-electron chi connectivity index (χ3n) is 4.58. The molecule has 2 rings (SSSR count). The first kappa shape index (κ1) is 16.6. The highest BCUT2D eigenvalue weighted by Crippen LogP contribution is 2.16. The second-order valence-electron chi connectivity index (χ2n) is 6.60. The van der Waals surface area contributed by atoms with E-state index in [1.807, 2.05) is 7.05 Å². The van der Waals surface area contributed by atoms with Crippen LogP contribution in [0.1, 0.15) is 26.2 Å². The number of aliphatic imine (C=N–C) groups is 1. The minimum absolute atomic E-state index is 0.649. The van der Waals surface area contributed by atoms with E-state index in [0.29, 0.717) is 11.8 Å². The topological polar surface area (TPSA) is 40.1 Å². The van der Waals surface area contributed by atoms with Crippen molar-refractivity contribution in [2.45, 2.75) is 26.2 Å². The van der Waals surface area contributed by atoms with Crippen LogP contribution < -0.4 is 5.32 Å². The summed E-state index contributed by atoms with van der Waals surface area (Å²) in [5.41, 5.74) is 0. The lowest BCUT2D eigenvalue weighted by atomic mass is 10.1. The first-order chi connectivity index (χ1) is 10.2. The van der Waals surface area contributed by atoms with E-state index < -0.39 is 0 Å². The summed E-state index contributed by atoms with van der Waals surface area (Å²) < 4.78 is 5.27. The fraction of sp³-hybridized carbons (Fsp3) is 0.938. The molecule has 2 unspecified atom stereocenters. The van der Waals surface area contributed by atoms with Crippen molar-refractivity contribution in [3.8, 4) is 0 Å². The van der Waals surface area contributed by atoms with Gasteiger partial charge in [-0.05, 0) is 38.3 Å². The molecule has 0 saturated carbocycles. The second kappa shape index (κ2) is 8.59. The van der Waals surface area contributed by atoms with Gasteiger partial charge >= 0.3 is 0 Å². The summed E-state index contributed by atoms with van der Waals surface area (Å²) in [5.74, 6) is 2.37. The zero-order chi connectivity index (χ0) is 15.1. The molecule has 5 nitrogen and oxygen atoms in total. The largest absolute Gasteiger partial charge is 0.384 e. The summed E-state index contributed by atoms with van der Waals surface area (Å²) in [5, 5.41) is 3.56. The van der Waals surface area contributed by atoms with Crippen molar-refractivity contribution < 1.29 is 4.74 Å². The van der Waals surface area contributed by atoms with E-state index in [0.717, 1.165) is 32.2 Å². The summed E-state index contributed by atoms with van der Waals surface area (Å²) in [6.45, 7) is 10.1. The van der Waals surface area contributed by atoms with Crippen LogP contribution in [0.4, 0.5) is 0 Å². The Morgan fingerprint density at radius 3 is 2.76 bits per heavy atom. The van der Waals surface area contributed by atoms with Crippen molar-refractivity contribution in [3.05, 3.63) is 0 Å². The zero-order valence-corrected chi connectivity index (χ0v) is 14.0. The van der Waals surface area contributed by atoms with E-state index in [9.17, 15) is 0 Å². The molecule has 2 aliphatic rings. The standard InChI is InChI=1S/C16H32N4O/c1-14(11-19-7-4-5-8-19)10-18-16(17-2)20-9-6-15(12-20)13-21-3/h14-15H,4-13H2,1-3H3,(H,17,18). The molecular formula is C16H32N4O. The third-order valence-corrected chi connectivity index (χ3v) is 4.58. The molecule has 0 aromatic heterocycles. The number of ether oxygens (including phenoxy) is 1. The van der Waals surface area contributed by atoms with E-state index in [4.69, 9.17) is 4.74 Å². The number of nitrogens with one attached hydrogen (secondary N) is 1.